The van der Waals surface area contributed by atoms with E-state index in [-0.39, 0.29) is 39.8 Å². The number of furan rings is 1. The van der Waals surface area contributed by atoms with Gasteiger partial charge in [-0.25, -0.2) is 0 Å². The Morgan fingerprint density at radius 1 is 0.903 bits per heavy atom. The van der Waals surface area contributed by atoms with Gasteiger partial charge in [-0.2, -0.15) is 0 Å². The van der Waals surface area contributed by atoms with Crippen LogP contribution in [0.15, 0.2) is 23.0 Å². The Kier molecular flexibility index (Phi) is 3.86. The van der Waals surface area contributed by atoms with Gasteiger partial charge in [-0.15, -0.1) is 0 Å². The number of rotatable bonds is 1. The molecule has 1 saturated heterocycles. The normalized spacial score (nSPS) is 59.3. The summed E-state index contributed by atoms with van der Waals surface area (Å²) in [4.78, 5) is 0. The molecule has 6 rings (SSSR count). The van der Waals surface area contributed by atoms with Crippen LogP contribution in [0.3, 0.4) is 0 Å². The zero-order valence-corrected chi connectivity index (χ0v) is 19.5. The van der Waals surface area contributed by atoms with Crippen molar-refractivity contribution in [1.29, 1.82) is 0 Å². The minimum absolute atomic E-state index is 0.0639. The summed E-state index contributed by atoms with van der Waals surface area (Å²) in [6, 6.07) is 2.09. The van der Waals surface area contributed by atoms with Gasteiger partial charge in [-0.3, -0.25) is 0 Å². The van der Waals surface area contributed by atoms with E-state index < -0.39 is 23.7 Å². The molecule has 0 radical (unpaired) electrons. The highest BCUT2D eigenvalue weighted by Crippen LogP contribution is 2.82. The molecule has 1 aromatic rings. The Morgan fingerprint density at radius 2 is 1.65 bits per heavy atom. The van der Waals surface area contributed by atoms with E-state index in [0.29, 0.717) is 18.8 Å². The molecule has 3 N–H and O–H groups in total. The molecule has 0 unspecified atom stereocenters. The van der Waals surface area contributed by atoms with Crippen molar-refractivity contribution in [3.63, 3.8) is 0 Å². The molecule has 5 nitrogen and oxygen atoms in total. The van der Waals surface area contributed by atoms with Crippen molar-refractivity contribution in [1.82, 2.24) is 0 Å². The molecule has 31 heavy (non-hydrogen) atoms. The number of aliphatic hydroxyl groups excluding tert-OH is 3. The fraction of sp³-hybridized carbons (Fsp3) is 0.846. The molecule has 172 valence electrons. The van der Waals surface area contributed by atoms with E-state index in [1.165, 1.54) is 5.56 Å². The summed E-state index contributed by atoms with van der Waals surface area (Å²) in [5.41, 5.74) is -0.293. The largest absolute Gasteiger partial charge is 0.472 e. The summed E-state index contributed by atoms with van der Waals surface area (Å²) in [6.07, 6.45) is 6.13. The minimum atomic E-state index is -0.568. The van der Waals surface area contributed by atoms with E-state index in [4.69, 9.17) is 9.15 Å². The van der Waals surface area contributed by atoms with Gasteiger partial charge in [0.25, 0.3) is 0 Å². The predicted octanol–water partition coefficient (Wildman–Crippen LogP) is 3.87. The maximum Gasteiger partial charge on any atom is 0.109 e. The van der Waals surface area contributed by atoms with E-state index >= 15 is 0 Å². The first kappa shape index (κ1) is 20.7. The monoisotopic (exact) mass is 430 g/mol. The summed E-state index contributed by atoms with van der Waals surface area (Å²) in [5, 5.41) is 34.1. The Hall–Kier alpha value is -0.880. The van der Waals surface area contributed by atoms with Crippen molar-refractivity contribution >= 4 is 0 Å². The van der Waals surface area contributed by atoms with Crippen LogP contribution in [0.1, 0.15) is 78.2 Å². The fourth-order valence-electron chi connectivity index (χ4n) is 10.0. The lowest BCUT2D eigenvalue weighted by atomic mass is 9.35. The van der Waals surface area contributed by atoms with Crippen LogP contribution in [-0.2, 0) is 4.74 Å². The summed E-state index contributed by atoms with van der Waals surface area (Å²) >= 11 is 0. The van der Waals surface area contributed by atoms with Gasteiger partial charge >= 0.3 is 0 Å². The number of hydrogen-bond acceptors (Lipinski definition) is 5. The smallest absolute Gasteiger partial charge is 0.109 e. The fourth-order valence-corrected chi connectivity index (χ4v) is 10.0. The third kappa shape index (κ3) is 2.01. The summed E-state index contributed by atoms with van der Waals surface area (Å²) < 4.78 is 12.1. The summed E-state index contributed by atoms with van der Waals surface area (Å²) in [6.45, 7) is 11.1. The molecule has 1 aliphatic heterocycles. The molecular formula is C26H38O5. The first-order valence-electron chi connectivity index (χ1n) is 12.2. The molecule has 0 aromatic carbocycles. The van der Waals surface area contributed by atoms with Gasteiger partial charge in [0.05, 0.1) is 36.9 Å². The molecule has 4 saturated carbocycles. The van der Waals surface area contributed by atoms with Gasteiger partial charge in [-0.1, -0.05) is 34.6 Å². The van der Waals surface area contributed by atoms with Gasteiger partial charge in [0.15, 0.2) is 0 Å². The summed E-state index contributed by atoms with van der Waals surface area (Å²) in [5.74, 6) is 0.586. The van der Waals surface area contributed by atoms with Crippen molar-refractivity contribution in [3.8, 4) is 0 Å². The summed E-state index contributed by atoms with van der Waals surface area (Å²) in [7, 11) is 0. The van der Waals surface area contributed by atoms with Gasteiger partial charge in [0.2, 0.25) is 0 Å². The topological polar surface area (TPSA) is 86.4 Å². The maximum atomic E-state index is 11.8. The molecule has 5 fully saturated rings. The second kappa shape index (κ2) is 5.78. The molecule has 4 aliphatic carbocycles. The Bertz CT molecular complexity index is 896. The molecule has 2 heterocycles. The maximum absolute atomic E-state index is 11.8. The molecule has 1 aromatic heterocycles. The lowest BCUT2D eigenvalue weighted by Gasteiger charge is -2.70. The van der Waals surface area contributed by atoms with Crippen LogP contribution < -0.4 is 0 Å². The number of hydrogen-bond donors (Lipinski definition) is 3. The van der Waals surface area contributed by atoms with Crippen molar-refractivity contribution in [2.45, 2.75) is 103 Å². The van der Waals surface area contributed by atoms with Crippen LogP contribution >= 0.6 is 0 Å². The van der Waals surface area contributed by atoms with Crippen LogP contribution in [-0.4, -0.2) is 45.3 Å². The van der Waals surface area contributed by atoms with Crippen LogP contribution in [0.4, 0.5) is 0 Å². The third-order valence-corrected chi connectivity index (χ3v) is 11.8. The molecule has 5 heteroatoms. The predicted molar refractivity (Wildman–Crippen MR) is 115 cm³/mol. The zero-order chi connectivity index (χ0) is 22.2. The zero-order valence-electron chi connectivity index (χ0n) is 19.5. The van der Waals surface area contributed by atoms with E-state index in [1.807, 2.05) is 6.26 Å². The van der Waals surface area contributed by atoms with E-state index in [0.717, 1.165) is 19.3 Å². The number of ether oxygens (including phenoxy) is 1. The molecular weight excluding hydrogens is 392 g/mol. The average molecular weight is 431 g/mol. The van der Waals surface area contributed by atoms with Gasteiger partial charge in [0, 0.05) is 22.7 Å². The highest BCUT2D eigenvalue weighted by Gasteiger charge is 2.87. The molecule has 0 amide bonds. The highest BCUT2D eigenvalue weighted by atomic mass is 16.6. The number of epoxide rings is 1. The minimum Gasteiger partial charge on any atom is -0.472 e. The van der Waals surface area contributed by atoms with E-state index in [2.05, 4.69) is 40.7 Å². The second-order valence-corrected chi connectivity index (χ2v) is 12.7. The second-order valence-electron chi connectivity index (χ2n) is 12.7. The van der Waals surface area contributed by atoms with Crippen molar-refractivity contribution in [2.75, 3.05) is 0 Å². The number of aliphatic hydroxyl groups is 3. The Balaban J connectivity index is 1.48. The first-order chi connectivity index (χ1) is 14.5. The third-order valence-electron chi connectivity index (χ3n) is 11.8. The van der Waals surface area contributed by atoms with Gasteiger partial charge in [0.1, 0.15) is 5.60 Å². The van der Waals surface area contributed by atoms with Crippen LogP contribution in [0.25, 0.3) is 0 Å². The van der Waals surface area contributed by atoms with Crippen molar-refractivity contribution < 1.29 is 24.5 Å². The number of fused-ring (bicyclic) bond motifs is 3. The quantitative estimate of drug-likeness (QED) is 0.589. The Labute approximate surface area is 185 Å². The lowest BCUT2D eigenvalue weighted by molar-refractivity contribution is -0.283. The van der Waals surface area contributed by atoms with Crippen molar-refractivity contribution in [3.05, 3.63) is 24.2 Å². The van der Waals surface area contributed by atoms with Crippen molar-refractivity contribution in [2.24, 2.45) is 33.5 Å². The first-order valence-corrected chi connectivity index (χ1v) is 12.2. The van der Waals surface area contributed by atoms with Gasteiger partial charge < -0.3 is 24.5 Å². The highest BCUT2D eigenvalue weighted by molar-refractivity contribution is 5.39. The van der Waals surface area contributed by atoms with Crippen LogP contribution in [0.2, 0.25) is 0 Å². The Morgan fingerprint density at radius 3 is 2.32 bits per heavy atom. The lowest BCUT2D eigenvalue weighted by Crippen LogP contribution is -2.73. The molecule has 0 bridgehead atoms. The standard InChI is InChI=1S/C26H38O5/c1-22(2)17-11-20(29)25(5)16(24(17,4)19(28)12-18(22)27)6-8-23(3)15(14-7-9-30-13-14)10-21-26(23,25)31-21/h7,9,13,15-21,27-29H,6,8,10-12H2,1-5H3/t15-,16-,17+,18+,19-,20-,21-,23+,24+,25+,26+/m0/s1. The van der Waals surface area contributed by atoms with Gasteiger partial charge in [-0.05, 0) is 60.5 Å². The van der Waals surface area contributed by atoms with E-state index in [1.54, 1.807) is 6.26 Å². The molecule has 11 atom stereocenters. The SMILES string of the molecule is CC1(C)[C@H](O)C[C@H](O)[C@@]2(C)[C@@H]1C[C@H](O)[C@@]1(C)[C@H]2CC[C@]2(C)[C@H](c3ccoc3)C[C@@H]3O[C@@]312. The molecule has 5 aliphatic rings. The van der Waals surface area contributed by atoms with E-state index in [9.17, 15) is 15.3 Å². The molecule has 1 spiro atoms. The van der Waals surface area contributed by atoms with Crippen LogP contribution in [0, 0.1) is 33.5 Å². The average Bonchev–Trinajstić information content (AvgIpc) is 3.07. The van der Waals surface area contributed by atoms with Crippen LogP contribution in [0.5, 0.6) is 0 Å².